The van der Waals surface area contributed by atoms with Gasteiger partial charge in [0.25, 0.3) is 0 Å². The van der Waals surface area contributed by atoms with Gasteiger partial charge >= 0.3 is 0 Å². The van der Waals surface area contributed by atoms with Gasteiger partial charge in [0.15, 0.2) is 0 Å². The Kier molecular flexibility index (Phi) is 4.53. The summed E-state index contributed by atoms with van der Waals surface area (Å²) in [4.78, 5) is 2.53. The zero-order valence-corrected chi connectivity index (χ0v) is 14.6. The minimum absolute atomic E-state index is 0.325. The van der Waals surface area contributed by atoms with Gasteiger partial charge < -0.3 is 4.74 Å². The fourth-order valence-electron chi connectivity index (χ4n) is 3.57. The Morgan fingerprint density at radius 1 is 0.840 bits per heavy atom. The maximum absolute atomic E-state index is 6.16. The third-order valence-electron chi connectivity index (χ3n) is 5.01. The highest BCUT2D eigenvalue weighted by Gasteiger charge is 2.22. The molecule has 3 aromatic carbocycles. The normalized spacial score (nSPS) is 17.4. The standard InChI is InChI=1S/C23H23NO/c1-18-22-13-7-5-12-21(22)17-25-23-14-8-6-11-20(23)16-24(18)15-19-9-3-2-4-10-19/h2-14,18H,15-17H2,1H3/t18-/m1/s1. The second-order valence-corrected chi connectivity index (χ2v) is 6.66. The minimum atomic E-state index is 0.325. The fourth-order valence-corrected chi connectivity index (χ4v) is 3.57. The minimum Gasteiger partial charge on any atom is -0.489 e. The monoisotopic (exact) mass is 329 g/mol. The summed E-state index contributed by atoms with van der Waals surface area (Å²) in [5.41, 5.74) is 5.21. The summed E-state index contributed by atoms with van der Waals surface area (Å²) in [7, 11) is 0. The van der Waals surface area contributed by atoms with E-state index >= 15 is 0 Å². The van der Waals surface area contributed by atoms with E-state index < -0.39 is 0 Å². The second-order valence-electron chi connectivity index (χ2n) is 6.66. The summed E-state index contributed by atoms with van der Waals surface area (Å²) in [6, 6.07) is 28.1. The third-order valence-corrected chi connectivity index (χ3v) is 5.01. The van der Waals surface area contributed by atoms with Crippen LogP contribution in [0.15, 0.2) is 78.9 Å². The van der Waals surface area contributed by atoms with Crippen molar-refractivity contribution in [3.8, 4) is 5.75 Å². The number of benzene rings is 3. The summed E-state index contributed by atoms with van der Waals surface area (Å²) < 4.78 is 6.16. The lowest BCUT2D eigenvalue weighted by Gasteiger charge is -2.30. The highest BCUT2D eigenvalue weighted by molar-refractivity contribution is 5.36. The van der Waals surface area contributed by atoms with Gasteiger partial charge in [0, 0.05) is 24.7 Å². The molecule has 2 heteroatoms. The maximum Gasteiger partial charge on any atom is 0.124 e. The van der Waals surface area contributed by atoms with E-state index in [-0.39, 0.29) is 0 Å². The second kappa shape index (κ2) is 7.12. The Morgan fingerprint density at radius 2 is 1.52 bits per heavy atom. The number of rotatable bonds is 2. The molecule has 4 rings (SSSR count). The van der Waals surface area contributed by atoms with Gasteiger partial charge in [-0.1, -0.05) is 72.8 Å². The number of nitrogens with zero attached hydrogens (tertiary/aromatic N) is 1. The van der Waals surface area contributed by atoms with Crippen LogP contribution in [-0.2, 0) is 19.7 Å². The van der Waals surface area contributed by atoms with E-state index in [4.69, 9.17) is 4.74 Å². The molecular weight excluding hydrogens is 306 g/mol. The van der Waals surface area contributed by atoms with Gasteiger partial charge in [0.1, 0.15) is 12.4 Å². The van der Waals surface area contributed by atoms with Crippen molar-refractivity contribution in [1.82, 2.24) is 4.90 Å². The molecule has 1 atom stereocenters. The van der Waals surface area contributed by atoms with Crippen LogP contribution in [0.1, 0.15) is 35.2 Å². The number of ether oxygens (including phenoxy) is 1. The fraction of sp³-hybridized carbons (Fsp3) is 0.217. The SMILES string of the molecule is C[C@@H]1c2ccccc2COc2ccccc2CN1Cc1ccccc1. The Bertz CT molecular complexity index is 843. The van der Waals surface area contributed by atoms with Crippen LogP contribution < -0.4 is 4.74 Å². The number of fused-ring (bicyclic) bond motifs is 2. The molecule has 0 aromatic heterocycles. The Labute approximate surface area is 149 Å². The van der Waals surface area contributed by atoms with Crippen LogP contribution in [0.25, 0.3) is 0 Å². The van der Waals surface area contributed by atoms with Crippen molar-refractivity contribution >= 4 is 0 Å². The van der Waals surface area contributed by atoms with Gasteiger partial charge in [-0.05, 0) is 29.7 Å². The molecule has 0 saturated heterocycles. The van der Waals surface area contributed by atoms with Gasteiger partial charge in [-0.2, -0.15) is 0 Å². The topological polar surface area (TPSA) is 12.5 Å². The smallest absolute Gasteiger partial charge is 0.124 e. The van der Waals surface area contributed by atoms with E-state index in [1.165, 1.54) is 22.3 Å². The van der Waals surface area contributed by atoms with Crippen molar-refractivity contribution < 1.29 is 4.74 Å². The van der Waals surface area contributed by atoms with Crippen LogP contribution in [0, 0.1) is 0 Å². The highest BCUT2D eigenvalue weighted by Crippen LogP contribution is 2.32. The molecule has 126 valence electrons. The van der Waals surface area contributed by atoms with E-state index in [0.717, 1.165) is 18.8 Å². The van der Waals surface area contributed by atoms with E-state index in [9.17, 15) is 0 Å². The van der Waals surface area contributed by atoms with Crippen LogP contribution in [0.4, 0.5) is 0 Å². The summed E-state index contributed by atoms with van der Waals surface area (Å²) in [5.74, 6) is 0.990. The first kappa shape index (κ1) is 15.9. The van der Waals surface area contributed by atoms with E-state index in [1.807, 2.05) is 6.07 Å². The lowest BCUT2D eigenvalue weighted by Crippen LogP contribution is -2.26. The van der Waals surface area contributed by atoms with Crippen molar-refractivity contribution in [2.75, 3.05) is 0 Å². The van der Waals surface area contributed by atoms with Gasteiger partial charge in [-0.15, -0.1) is 0 Å². The van der Waals surface area contributed by atoms with Gasteiger partial charge in [0.05, 0.1) is 0 Å². The molecule has 0 amide bonds. The molecule has 0 aliphatic carbocycles. The average molecular weight is 329 g/mol. The maximum atomic E-state index is 6.16. The van der Waals surface area contributed by atoms with Crippen LogP contribution in [-0.4, -0.2) is 4.90 Å². The molecule has 1 aliphatic heterocycles. The number of para-hydroxylation sites is 1. The zero-order chi connectivity index (χ0) is 17.1. The van der Waals surface area contributed by atoms with Crippen LogP contribution in [0.2, 0.25) is 0 Å². The molecule has 0 unspecified atom stereocenters. The van der Waals surface area contributed by atoms with Crippen molar-refractivity contribution in [2.24, 2.45) is 0 Å². The molecule has 0 N–H and O–H groups in total. The molecule has 2 nitrogen and oxygen atoms in total. The lowest BCUT2D eigenvalue weighted by atomic mass is 10.00. The molecule has 25 heavy (non-hydrogen) atoms. The Hall–Kier alpha value is -2.58. The van der Waals surface area contributed by atoms with E-state index in [1.54, 1.807) is 0 Å². The lowest BCUT2D eigenvalue weighted by molar-refractivity contribution is 0.191. The van der Waals surface area contributed by atoms with Crippen molar-refractivity contribution in [3.63, 3.8) is 0 Å². The first-order chi connectivity index (χ1) is 12.3. The summed E-state index contributed by atoms with van der Waals surface area (Å²) in [5, 5.41) is 0. The van der Waals surface area contributed by atoms with Gasteiger partial charge in [-0.25, -0.2) is 0 Å². The molecule has 0 spiro atoms. The van der Waals surface area contributed by atoms with Gasteiger partial charge in [-0.3, -0.25) is 4.90 Å². The Morgan fingerprint density at radius 3 is 2.36 bits per heavy atom. The highest BCUT2D eigenvalue weighted by atomic mass is 16.5. The predicted octanol–water partition coefficient (Wildman–Crippen LogP) is 5.34. The summed E-state index contributed by atoms with van der Waals surface area (Å²) >= 11 is 0. The van der Waals surface area contributed by atoms with E-state index in [0.29, 0.717) is 12.6 Å². The molecular formula is C23H23NO. The van der Waals surface area contributed by atoms with Crippen molar-refractivity contribution in [3.05, 3.63) is 101 Å². The van der Waals surface area contributed by atoms with Gasteiger partial charge in [0.2, 0.25) is 0 Å². The van der Waals surface area contributed by atoms with Crippen LogP contribution in [0.3, 0.4) is 0 Å². The summed E-state index contributed by atoms with van der Waals surface area (Å²) in [6.45, 7) is 4.72. The first-order valence-corrected chi connectivity index (χ1v) is 8.88. The summed E-state index contributed by atoms with van der Waals surface area (Å²) in [6.07, 6.45) is 0. The molecule has 0 radical (unpaired) electrons. The average Bonchev–Trinajstić information content (AvgIpc) is 2.72. The number of hydrogen-bond acceptors (Lipinski definition) is 2. The molecule has 1 heterocycles. The zero-order valence-electron chi connectivity index (χ0n) is 14.6. The Balaban J connectivity index is 1.75. The molecule has 1 aliphatic rings. The quantitative estimate of drug-likeness (QED) is 0.629. The predicted molar refractivity (Wildman–Crippen MR) is 101 cm³/mol. The number of hydrogen-bond donors (Lipinski definition) is 0. The first-order valence-electron chi connectivity index (χ1n) is 8.88. The molecule has 0 fully saturated rings. The van der Waals surface area contributed by atoms with E-state index in [2.05, 4.69) is 84.6 Å². The third kappa shape index (κ3) is 3.45. The largest absolute Gasteiger partial charge is 0.489 e. The molecule has 0 bridgehead atoms. The van der Waals surface area contributed by atoms with Crippen molar-refractivity contribution in [1.29, 1.82) is 0 Å². The van der Waals surface area contributed by atoms with Crippen molar-refractivity contribution in [2.45, 2.75) is 32.7 Å². The van der Waals surface area contributed by atoms with Crippen LogP contribution >= 0.6 is 0 Å². The van der Waals surface area contributed by atoms with Crippen LogP contribution in [0.5, 0.6) is 5.75 Å². The molecule has 0 saturated carbocycles. The molecule has 3 aromatic rings.